The zero-order valence-electron chi connectivity index (χ0n) is 15.5. The predicted octanol–water partition coefficient (Wildman–Crippen LogP) is 1.77. The number of ether oxygens (including phenoxy) is 1. The van der Waals surface area contributed by atoms with Crippen LogP contribution >= 0.6 is 0 Å². The highest BCUT2D eigenvalue weighted by atomic mass is 32.2. The third-order valence-electron chi connectivity index (χ3n) is 4.95. The van der Waals surface area contributed by atoms with Gasteiger partial charge in [-0.2, -0.15) is 0 Å². The molecule has 1 amide bonds. The number of rotatable bonds is 5. The second kappa shape index (κ2) is 6.72. The smallest absolute Gasteiger partial charge is 0.238 e. The van der Waals surface area contributed by atoms with E-state index in [1.54, 1.807) is 0 Å². The van der Waals surface area contributed by atoms with Crippen LogP contribution < -0.4 is 5.73 Å². The van der Waals surface area contributed by atoms with E-state index in [9.17, 15) is 13.2 Å². The second-order valence-electron chi connectivity index (χ2n) is 8.25. The van der Waals surface area contributed by atoms with E-state index in [0.717, 1.165) is 5.76 Å². The van der Waals surface area contributed by atoms with E-state index in [-0.39, 0.29) is 23.0 Å². The van der Waals surface area contributed by atoms with Gasteiger partial charge in [-0.3, -0.25) is 4.79 Å². The van der Waals surface area contributed by atoms with Gasteiger partial charge in [0.05, 0.1) is 18.1 Å². The summed E-state index contributed by atoms with van der Waals surface area (Å²) in [6.45, 7) is 9.63. The molecule has 2 rings (SSSR count). The van der Waals surface area contributed by atoms with E-state index in [0.29, 0.717) is 25.3 Å². The third kappa shape index (κ3) is 4.06. The van der Waals surface area contributed by atoms with Gasteiger partial charge in [-0.05, 0) is 26.2 Å². The number of amides is 1. The van der Waals surface area contributed by atoms with Crippen LogP contribution in [0.5, 0.6) is 0 Å². The topological polar surface area (TPSA) is 112 Å². The minimum absolute atomic E-state index is 0.130. The zero-order chi connectivity index (χ0) is 19.0. The summed E-state index contributed by atoms with van der Waals surface area (Å²) >= 11 is 0. The number of carbonyl (C=O) groups is 1. The molecular weight excluding hydrogens is 344 g/mol. The summed E-state index contributed by atoms with van der Waals surface area (Å²) in [5.41, 5.74) is 5.80. The number of nitrogens with two attached hydrogens (primary N) is 1. The van der Waals surface area contributed by atoms with Crippen LogP contribution in [0.2, 0.25) is 0 Å². The number of hydrogen-bond acceptors (Lipinski definition) is 6. The molecule has 2 N–H and O–H groups in total. The molecule has 142 valence electrons. The predicted molar refractivity (Wildman–Crippen MR) is 93.9 cm³/mol. The van der Waals surface area contributed by atoms with Gasteiger partial charge in [-0.1, -0.05) is 25.9 Å². The molecule has 25 heavy (non-hydrogen) atoms. The van der Waals surface area contributed by atoms with Gasteiger partial charge in [-0.15, -0.1) is 0 Å². The van der Waals surface area contributed by atoms with E-state index in [4.69, 9.17) is 15.0 Å². The van der Waals surface area contributed by atoms with Crippen molar-refractivity contribution in [1.29, 1.82) is 0 Å². The van der Waals surface area contributed by atoms with Gasteiger partial charge in [0.1, 0.15) is 10.5 Å². The fourth-order valence-electron chi connectivity index (χ4n) is 2.77. The van der Waals surface area contributed by atoms with Crippen LogP contribution in [-0.4, -0.2) is 43.2 Å². The average molecular weight is 372 g/mol. The SMILES string of the molecule is CC(C)(C)c1cc(C2COCCC2CS(=O)(=O)C(C)(C)C(N)=O)no1. The molecule has 2 atom stereocenters. The molecule has 0 spiro atoms. The Balaban J connectivity index is 2.27. The first-order valence-corrected chi connectivity index (χ1v) is 10.1. The highest BCUT2D eigenvalue weighted by Crippen LogP contribution is 2.35. The Morgan fingerprint density at radius 2 is 1.96 bits per heavy atom. The van der Waals surface area contributed by atoms with Gasteiger partial charge in [0.2, 0.25) is 5.91 Å². The Morgan fingerprint density at radius 1 is 1.32 bits per heavy atom. The first kappa shape index (κ1) is 19.9. The Hall–Kier alpha value is -1.41. The second-order valence-corrected chi connectivity index (χ2v) is 10.8. The van der Waals surface area contributed by atoms with Gasteiger partial charge in [-0.25, -0.2) is 8.42 Å². The van der Waals surface area contributed by atoms with E-state index >= 15 is 0 Å². The maximum atomic E-state index is 12.7. The van der Waals surface area contributed by atoms with Crippen molar-refractivity contribution in [3.05, 3.63) is 17.5 Å². The number of primary amides is 1. The molecule has 1 fully saturated rings. The number of carbonyl (C=O) groups excluding carboxylic acids is 1. The average Bonchev–Trinajstić information content (AvgIpc) is 2.96. The van der Waals surface area contributed by atoms with E-state index in [2.05, 4.69) is 5.16 Å². The summed E-state index contributed by atoms with van der Waals surface area (Å²) in [6, 6.07) is 1.87. The van der Waals surface area contributed by atoms with Gasteiger partial charge in [0.25, 0.3) is 0 Å². The number of hydrogen-bond donors (Lipinski definition) is 1. The van der Waals surface area contributed by atoms with Crippen LogP contribution in [0.25, 0.3) is 0 Å². The van der Waals surface area contributed by atoms with E-state index in [1.165, 1.54) is 13.8 Å². The van der Waals surface area contributed by atoms with E-state index in [1.807, 2.05) is 26.8 Å². The van der Waals surface area contributed by atoms with Crippen LogP contribution in [0.15, 0.2) is 10.6 Å². The molecule has 7 nitrogen and oxygen atoms in total. The van der Waals surface area contributed by atoms with E-state index < -0.39 is 20.5 Å². The standard InChI is InChI=1S/C17H28N2O5S/c1-16(2,3)14-8-13(19-24-14)12-9-23-7-6-11(12)10-25(21,22)17(4,5)15(18)20/h8,11-12H,6-7,9-10H2,1-5H3,(H2,18,20). The van der Waals surface area contributed by atoms with Gasteiger partial charge in [0, 0.05) is 24.0 Å². The quantitative estimate of drug-likeness (QED) is 0.843. The lowest BCUT2D eigenvalue weighted by molar-refractivity contribution is -0.119. The Bertz CT molecular complexity index is 730. The monoisotopic (exact) mass is 372 g/mol. The normalized spacial score (nSPS) is 22.8. The lowest BCUT2D eigenvalue weighted by atomic mass is 9.86. The molecule has 8 heteroatoms. The highest BCUT2D eigenvalue weighted by molar-refractivity contribution is 7.93. The fourth-order valence-corrected chi connectivity index (χ4v) is 4.45. The first-order chi connectivity index (χ1) is 11.4. The van der Waals surface area contributed by atoms with Gasteiger partial charge >= 0.3 is 0 Å². The van der Waals surface area contributed by atoms with Crippen molar-refractivity contribution < 1.29 is 22.5 Å². The highest BCUT2D eigenvalue weighted by Gasteiger charge is 2.43. The summed E-state index contributed by atoms with van der Waals surface area (Å²) in [6.07, 6.45) is 0.580. The number of sulfone groups is 1. The summed E-state index contributed by atoms with van der Waals surface area (Å²) < 4.78 is 34.8. The maximum Gasteiger partial charge on any atom is 0.238 e. The molecule has 1 aromatic rings. The van der Waals surface area contributed by atoms with Crippen LogP contribution in [0.1, 0.15) is 58.4 Å². The van der Waals surface area contributed by atoms with Crippen molar-refractivity contribution in [2.75, 3.05) is 19.0 Å². The summed E-state index contributed by atoms with van der Waals surface area (Å²) in [5, 5.41) is 4.14. The van der Waals surface area contributed by atoms with Crippen molar-refractivity contribution in [2.24, 2.45) is 11.7 Å². The van der Waals surface area contributed by atoms with Crippen molar-refractivity contribution in [3.63, 3.8) is 0 Å². The van der Waals surface area contributed by atoms with Crippen LogP contribution in [-0.2, 0) is 24.8 Å². The van der Waals surface area contributed by atoms with Crippen LogP contribution in [0.4, 0.5) is 0 Å². The summed E-state index contributed by atoms with van der Waals surface area (Å²) in [4.78, 5) is 11.6. The number of aromatic nitrogens is 1. The third-order valence-corrected chi connectivity index (χ3v) is 7.57. The summed E-state index contributed by atoms with van der Waals surface area (Å²) in [7, 11) is -3.71. The molecule has 2 heterocycles. The molecule has 1 aliphatic heterocycles. The van der Waals surface area contributed by atoms with Crippen molar-refractivity contribution >= 4 is 15.7 Å². The minimum Gasteiger partial charge on any atom is -0.381 e. The molecule has 0 radical (unpaired) electrons. The molecule has 0 aliphatic carbocycles. The van der Waals surface area contributed by atoms with Crippen molar-refractivity contribution in [1.82, 2.24) is 5.16 Å². The fraction of sp³-hybridized carbons (Fsp3) is 0.765. The largest absolute Gasteiger partial charge is 0.381 e. The van der Waals surface area contributed by atoms with Gasteiger partial charge < -0.3 is 15.0 Å². The van der Waals surface area contributed by atoms with Crippen molar-refractivity contribution in [2.45, 2.75) is 57.1 Å². The molecule has 0 saturated carbocycles. The lowest BCUT2D eigenvalue weighted by Gasteiger charge is -2.32. The molecule has 1 aromatic heterocycles. The molecule has 2 unspecified atom stereocenters. The van der Waals surface area contributed by atoms with Gasteiger partial charge in [0.15, 0.2) is 9.84 Å². The lowest BCUT2D eigenvalue weighted by Crippen LogP contribution is -2.48. The Kier molecular flexibility index (Phi) is 5.35. The van der Waals surface area contributed by atoms with Crippen LogP contribution in [0.3, 0.4) is 0 Å². The molecule has 0 bridgehead atoms. The maximum absolute atomic E-state index is 12.7. The zero-order valence-corrected chi connectivity index (χ0v) is 16.4. The first-order valence-electron chi connectivity index (χ1n) is 8.43. The molecular formula is C17H28N2O5S. The Morgan fingerprint density at radius 3 is 2.48 bits per heavy atom. The van der Waals surface area contributed by atoms with Crippen LogP contribution in [0, 0.1) is 5.92 Å². The minimum atomic E-state index is -3.71. The Labute approximate surface area is 149 Å². The molecule has 0 aromatic carbocycles. The molecule has 1 aliphatic rings. The van der Waals surface area contributed by atoms with Crippen molar-refractivity contribution in [3.8, 4) is 0 Å². The molecule has 1 saturated heterocycles. The summed E-state index contributed by atoms with van der Waals surface area (Å²) in [5.74, 6) is -0.614. The number of nitrogens with zero attached hydrogens (tertiary/aromatic N) is 1.